The summed E-state index contributed by atoms with van der Waals surface area (Å²) in [7, 11) is 0. The van der Waals surface area contributed by atoms with Crippen LogP contribution in [-0.2, 0) is 24.1 Å². The zero-order chi connectivity index (χ0) is 17.6. The van der Waals surface area contributed by atoms with Crippen LogP contribution in [0.25, 0.3) is 0 Å². The maximum absolute atomic E-state index is 11.3. The van der Waals surface area contributed by atoms with Crippen LogP contribution < -0.4 is 10.6 Å². The van der Waals surface area contributed by atoms with Crippen LogP contribution in [0.3, 0.4) is 0 Å². The fourth-order valence-electron chi connectivity index (χ4n) is 3.69. The van der Waals surface area contributed by atoms with Crippen molar-refractivity contribution in [1.29, 1.82) is 0 Å². The standard InChI is InChI=1S/C21H28N2O2/c1-3-19(7-4-16-10-11-25-14-16)23-21-9-6-17-5-8-20(22-15(2)24)12-18(17)13-21/h5,8,10-12,14,19,21,23H,3-4,6-7,9,13H2,1-2H3,(H,22,24). The van der Waals surface area contributed by atoms with E-state index < -0.39 is 0 Å². The van der Waals surface area contributed by atoms with E-state index in [-0.39, 0.29) is 5.91 Å². The average molecular weight is 340 g/mol. The van der Waals surface area contributed by atoms with Crippen molar-refractivity contribution in [2.24, 2.45) is 0 Å². The Bertz CT molecular complexity index is 694. The van der Waals surface area contributed by atoms with Gasteiger partial charge in [0, 0.05) is 24.7 Å². The molecule has 0 saturated carbocycles. The summed E-state index contributed by atoms with van der Waals surface area (Å²) >= 11 is 0. The van der Waals surface area contributed by atoms with Crippen LogP contribution >= 0.6 is 0 Å². The second-order valence-electron chi connectivity index (χ2n) is 7.05. The molecular formula is C21H28N2O2. The highest BCUT2D eigenvalue weighted by Gasteiger charge is 2.21. The van der Waals surface area contributed by atoms with Crippen molar-refractivity contribution < 1.29 is 9.21 Å². The molecule has 0 saturated heterocycles. The molecule has 0 radical (unpaired) electrons. The zero-order valence-electron chi connectivity index (χ0n) is 15.2. The van der Waals surface area contributed by atoms with Crippen molar-refractivity contribution in [2.75, 3.05) is 5.32 Å². The smallest absolute Gasteiger partial charge is 0.221 e. The van der Waals surface area contributed by atoms with Crippen LogP contribution in [-0.4, -0.2) is 18.0 Å². The largest absolute Gasteiger partial charge is 0.472 e. The normalized spacial score (nSPS) is 17.8. The molecular weight excluding hydrogens is 312 g/mol. The summed E-state index contributed by atoms with van der Waals surface area (Å²) in [5, 5.41) is 6.74. The fourth-order valence-corrected chi connectivity index (χ4v) is 3.69. The van der Waals surface area contributed by atoms with Gasteiger partial charge < -0.3 is 15.1 Å². The van der Waals surface area contributed by atoms with E-state index in [2.05, 4.69) is 29.7 Å². The number of carbonyl (C=O) groups excluding carboxylic acids is 1. The summed E-state index contributed by atoms with van der Waals surface area (Å²) in [6.07, 6.45) is 10.2. The summed E-state index contributed by atoms with van der Waals surface area (Å²) in [5.74, 6) is -0.0178. The summed E-state index contributed by atoms with van der Waals surface area (Å²) in [5.41, 5.74) is 4.95. The lowest BCUT2D eigenvalue weighted by Crippen LogP contribution is -2.41. The number of amides is 1. The minimum Gasteiger partial charge on any atom is -0.472 e. The van der Waals surface area contributed by atoms with Gasteiger partial charge in [-0.2, -0.15) is 0 Å². The topological polar surface area (TPSA) is 54.3 Å². The molecule has 2 aromatic rings. The van der Waals surface area contributed by atoms with Crippen LogP contribution in [0.4, 0.5) is 5.69 Å². The number of aryl methyl sites for hydroxylation is 2. The first-order valence-corrected chi connectivity index (χ1v) is 9.30. The number of rotatable bonds is 7. The molecule has 2 atom stereocenters. The number of fused-ring (bicyclic) bond motifs is 1. The van der Waals surface area contributed by atoms with Gasteiger partial charge >= 0.3 is 0 Å². The van der Waals surface area contributed by atoms with E-state index in [4.69, 9.17) is 4.42 Å². The first kappa shape index (κ1) is 17.7. The molecule has 1 aliphatic carbocycles. The Morgan fingerprint density at radius 1 is 1.32 bits per heavy atom. The third kappa shape index (κ3) is 4.95. The van der Waals surface area contributed by atoms with E-state index in [9.17, 15) is 4.79 Å². The summed E-state index contributed by atoms with van der Waals surface area (Å²) in [6, 6.07) is 9.39. The maximum Gasteiger partial charge on any atom is 0.221 e. The Hall–Kier alpha value is -2.07. The zero-order valence-corrected chi connectivity index (χ0v) is 15.2. The molecule has 134 valence electrons. The third-order valence-corrected chi connectivity index (χ3v) is 5.08. The van der Waals surface area contributed by atoms with Crippen LogP contribution in [0.15, 0.2) is 41.2 Å². The number of furan rings is 1. The Morgan fingerprint density at radius 2 is 2.20 bits per heavy atom. The van der Waals surface area contributed by atoms with E-state index in [1.165, 1.54) is 23.1 Å². The molecule has 0 fully saturated rings. The Labute approximate surface area is 150 Å². The fraction of sp³-hybridized carbons (Fsp3) is 0.476. The van der Waals surface area contributed by atoms with Gasteiger partial charge in [-0.15, -0.1) is 0 Å². The van der Waals surface area contributed by atoms with Gasteiger partial charge in [0.25, 0.3) is 0 Å². The Kier molecular flexibility index (Phi) is 5.92. The number of nitrogens with one attached hydrogen (secondary N) is 2. The van der Waals surface area contributed by atoms with Gasteiger partial charge in [0.15, 0.2) is 0 Å². The van der Waals surface area contributed by atoms with Gasteiger partial charge in [-0.1, -0.05) is 13.0 Å². The van der Waals surface area contributed by atoms with Crippen molar-refractivity contribution in [3.8, 4) is 0 Å². The molecule has 0 aliphatic heterocycles. The highest BCUT2D eigenvalue weighted by molar-refractivity contribution is 5.88. The molecule has 1 heterocycles. The van der Waals surface area contributed by atoms with E-state index in [0.717, 1.165) is 37.8 Å². The van der Waals surface area contributed by atoms with Crippen LogP contribution in [0, 0.1) is 0 Å². The summed E-state index contributed by atoms with van der Waals surface area (Å²) < 4.78 is 5.16. The third-order valence-electron chi connectivity index (χ3n) is 5.08. The molecule has 0 bridgehead atoms. The lowest BCUT2D eigenvalue weighted by Gasteiger charge is -2.30. The quantitative estimate of drug-likeness (QED) is 0.798. The SMILES string of the molecule is CCC(CCc1ccoc1)NC1CCc2ccc(NC(C)=O)cc2C1. The lowest BCUT2D eigenvalue weighted by atomic mass is 9.87. The second kappa shape index (κ2) is 8.34. The molecule has 4 heteroatoms. The molecule has 1 aromatic carbocycles. The maximum atomic E-state index is 11.3. The summed E-state index contributed by atoms with van der Waals surface area (Å²) in [6.45, 7) is 3.80. The van der Waals surface area contributed by atoms with Gasteiger partial charge in [0.1, 0.15) is 0 Å². The predicted molar refractivity (Wildman–Crippen MR) is 101 cm³/mol. The number of anilines is 1. The van der Waals surface area contributed by atoms with Crippen LogP contribution in [0.1, 0.15) is 49.8 Å². The van der Waals surface area contributed by atoms with Gasteiger partial charge in [-0.25, -0.2) is 0 Å². The summed E-state index contributed by atoms with van der Waals surface area (Å²) in [4.78, 5) is 11.3. The van der Waals surface area contributed by atoms with Crippen LogP contribution in [0.5, 0.6) is 0 Å². The number of hydrogen-bond donors (Lipinski definition) is 2. The molecule has 1 aliphatic rings. The molecule has 0 spiro atoms. The van der Waals surface area contributed by atoms with Gasteiger partial charge in [0.2, 0.25) is 5.91 Å². The van der Waals surface area contributed by atoms with Gasteiger partial charge in [-0.3, -0.25) is 4.79 Å². The molecule has 25 heavy (non-hydrogen) atoms. The first-order chi connectivity index (χ1) is 12.1. The van der Waals surface area contributed by atoms with E-state index in [1.54, 1.807) is 13.2 Å². The Morgan fingerprint density at radius 3 is 2.92 bits per heavy atom. The van der Waals surface area contributed by atoms with E-state index >= 15 is 0 Å². The number of hydrogen-bond acceptors (Lipinski definition) is 3. The number of benzene rings is 1. The first-order valence-electron chi connectivity index (χ1n) is 9.30. The van der Waals surface area contributed by atoms with E-state index in [0.29, 0.717) is 12.1 Å². The van der Waals surface area contributed by atoms with Crippen molar-refractivity contribution in [3.63, 3.8) is 0 Å². The highest BCUT2D eigenvalue weighted by atomic mass is 16.3. The molecule has 4 nitrogen and oxygen atoms in total. The van der Waals surface area contributed by atoms with Gasteiger partial charge in [0.05, 0.1) is 12.5 Å². The lowest BCUT2D eigenvalue weighted by molar-refractivity contribution is -0.114. The van der Waals surface area contributed by atoms with Crippen molar-refractivity contribution in [3.05, 3.63) is 53.5 Å². The Balaban J connectivity index is 1.57. The molecule has 1 amide bonds. The van der Waals surface area contributed by atoms with E-state index in [1.807, 2.05) is 18.4 Å². The van der Waals surface area contributed by atoms with Crippen molar-refractivity contribution in [2.45, 2.75) is 64.5 Å². The average Bonchev–Trinajstić information content (AvgIpc) is 3.11. The predicted octanol–water partition coefficient (Wildman–Crippen LogP) is 4.10. The van der Waals surface area contributed by atoms with Crippen molar-refractivity contribution >= 4 is 11.6 Å². The van der Waals surface area contributed by atoms with Crippen LogP contribution in [0.2, 0.25) is 0 Å². The van der Waals surface area contributed by atoms with Crippen molar-refractivity contribution in [1.82, 2.24) is 5.32 Å². The molecule has 3 rings (SSSR count). The highest BCUT2D eigenvalue weighted by Crippen LogP contribution is 2.25. The molecule has 1 aromatic heterocycles. The molecule has 2 N–H and O–H groups in total. The minimum absolute atomic E-state index is 0.0178. The number of carbonyl (C=O) groups is 1. The second-order valence-corrected chi connectivity index (χ2v) is 7.05. The monoisotopic (exact) mass is 340 g/mol. The minimum atomic E-state index is -0.0178. The molecule has 2 unspecified atom stereocenters. The van der Waals surface area contributed by atoms with Gasteiger partial charge in [-0.05, 0) is 73.4 Å².